The normalized spacial score (nSPS) is 15.4. The molecule has 20 heteroatoms. The number of rotatable bonds is 13. The number of fused-ring (bicyclic) bond motifs is 1. The monoisotopic (exact) mass is 783 g/mol. The Labute approximate surface area is 311 Å². The van der Waals surface area contributed by atoms with Crippen LogP contribution in [-0.4, -0.2) is 82.7 Å². The van der Waals surface area contributed by atoms with Gasteiger partial charge in [0.15, 0.2) is 5.69 Å². The molecule has 3 amide bonds. The van der Waals surface area contributed by atoms with Gasteiger partial charge in [-0.05, 0) is 56.3 Å². The Kier molecular flexibility index (Phi) is 10.6. The number of halogens is 3. The molecule has 16 nitrogen and oxygen atoms in total. The van der Waals surface area contributed by atoms with Gasteiger partial charge in [-0.3, -0.25) is 19.2 Å². The fourth-order valence-corrected chi connectivity index (χ4v) is 6.72. The summed E-state index contributed by atoms with van der Waals surface area (Å²) in [6.45, 7) is 3.36. The van der Waals surface area contributed by atoms with Crippen LogP contribution in [0.1, 0.15) is 51.7 Å². The summed E-state index contributed by atoms with van der Waals surface area (Å²) in [7, 11) is -4.42. The van der Waals surface area contributed by atoms with Crippen LogP contribution in [0.2, 0.25) is 0 Å². The lowest BCUT2D eigenvalue weighted by Gasteiger charge is -2.33. The molecule has 3 aromatic carbocycles. The molecule has 55 heavy (non-hydrogen) atoms. The van der Waals surface area contributed by atoms with E-state index in [9.17, 15) is 46.0 Å². The Morgan fingerprint density at radius 2 is 1.62 bits per heavy atom. The van der Waals surface area contributed by atoms with Crippen LogP contribution in [0.5, 0.6) is 0 Å². The standard InChI is InChI=1S/C35H32F3N7O9S/c1-21-7-9-24(10-8-21)29-17-30(35(36,37)38)39-44(29)25-11-13-26(14-12-25)55(51,52)40-31(46)15-16-32(47)53-20-23-18-42(19-23)45(50)41-54-22(2)43-33(48)27-5-3-4-6-28(27)34(43)49/h3-14,17,22-23H,15-16,18-20H2,1-2H3,(H,40,46)/b45-41+. The number of hydrogen-bond donors (Lipinski definition) is 1. The number of nitrogens with one attached hydrogen (secondary N) is 1. The van der Waals surface area contributed by atoms with Crippen LogP contribution in [-0.2, 0) is 35.4 Å². The number of carbonyl (C=O) groups is 4. The number of esters is 1. The van der Waals surface area contributed by atoms with Crippen molar-refractivity contribution in [3.8, 4) is 16.9 Å². The third-order valence-electron chi connectivity index (χ3n) is 8.66. The molecule has 0 saturated carbocycles. The molecule has 4 aromatic rings. The molecule has 1 unspecified atom stereocenters. The lowest BCUT2D eigenvalue weighted by molar-refractivity contribution is -0.728. The number of imide groups is 1. The first-order valence-corrected chi connectivity index (χ1v) is 18.1. The van der Waals surface area contributed by atoms with Crippen LogP contribution < -0.4 is 4.72 Å². The summed E-state index contributed by atoms with van der Waals surface area (Å²) in [4.78, 5) is 55.5. The van der Waals surface area contributed by atoms with Gasteiger partial charge in [0.25, 0.3) is 21.8 Å². The molecule has 0 aliphatic carbocycles. The number of benzene rings is 3. The Morgan fingerprint density at radius 1 is 1.00 bits per heavy atom. The summed E-state index contributed by atoms with van der Waals surface area (Å²) in [6, 6.07) is 18.6. The highest BCUT2D eigenvalue weighted by Crippen LogP contribution is 2.33. The SMILES string of the molecule is Cc1ccc(-c2cc(C(F)(F)F)nn2-c2ccc(S(=O)(=O)NC(=O)CCC(=O)OCC3CN(/[N+]([O-])=N\OC(C)N4C(=O)c5ccccc5C4=O)C3)cc2)cc1. The van der Waals surface area contributed by atoms with Crippen LogP contribution in [0.15, 0.2) is 89.0 Å². The van der Waals surface area contributed by atoms with Gasteiger partial charge in [0, 0.05) is 17.9 Å². The molecule has 2 aliphatic rings. The second-order valence-electron chi connectivity index (χ2n) is 12.7. The smallest absolute Gasteiger partial charge is 0.435 e. The van der Waals surface area contributed by atoms with Gasteiger partial charge in [0.05, 0.1) is 58.5 Å². The van der Waals surface area contributed by atoms with Crippen molar-refractivity contribution < 1.29 is 55.3 Å². The first-order chi connectivity index (χ1) is 26.0. The van der Waals surface area contributed by atoms with Crippen LogP contribution in [0.4, 0.5) is 13.2 Å². The van der Waals surface area contributed by atoms with E-state index in [1.54, 1.807) is 36.4 Å². The molecule has 0 radical (unpaired) electrons. The molecule has 0 spiro atoms. The molecule has 1 fully saturated rings. The molecule has 288 valence electrons. The van der Waals surface area contributed by atoms with Gasteiger partial charge < -0.3 is 14.8 Å². The summed E-state index contributed by atoms with van der Waals surface area (Å²) < 4.78 is 74.4. The predicted molar refractivity (Wildman–Crippen MR) is 183 cm³/mol. The van der Waals surface area contributed by atoms with E-state index in [1.165, 1.54) is 36.2 Å². The minimum atomic E-state index is -4.73. The van der Waals surface area contributed by atoms with E-state index >= 15 is 0 Å². The molecule has 3 heterocycles. The molecule has 2 aliphatic heterocycles. The number of alkyl halides is 3. The first kappa shape index (κ1) is 38.4. The van der Waals surface area contributed by atoms with Gasteiger partial charge in [-0.2, -0.15) is 18.3 Å². The average molecular weight is 784 g/mol. The van der Waals surface area contributed by atoms with Crippen molar-refractivity contribution in [3.63, 3.8) is 0 Å². The number of hydrazine groups is 1. The maximum atomic E-state index is 13.5. The van der Waals surface area contributed by atoms with Gasteiger partial charge >= 0.3 is 12.1 Å². The highest BCUT2D eigenvalue weighted by molar-refractivity contribution is 7.90. The molecule has 1 N–H and O–H groups in total. The molecule has 6 rings (SSSR count). The van der Waals surface area contributed by atoms with E-state index in [0.717, 1.165) is 33.3 Å². The van der Waals surface area contributed by atoms with Crippen molar-refractivity contribution in [1.29, 1.82) is 0 Å². The molecular formula is C35H32F3N7O9S. The van der Waals surface area contributed by atoms with Gasteiger partial charge in [-0.15, -0.1) is 5.01 Å². The summed E-state index contributed by atoms with van der Waals surface area (Å²) in [5.74, 6) is -3.22. The predicted octanol–water partition coefficient (Wildman–Crippen LogP) is 4.38. The number of carbonyl (C=O) groups excluding carboxylic acids is 4. The van der Waals surface area contributed by atoms with Crippen molar-refractivity contribution in [3.05, 3.63) is 106 Å². The van der Waals surface area contributed by atoms with E-state index in [0.29, 0.717) is 5.56 Å². The molecular weight excluding hydrogens is 751 g/mol. The fourth-order valence-electron chi connectivity index (χ4n) is 5.70. The van der Waals surface area contributed by atoms with Crippen LogP contribution in [0.25, 0.3) is 16.9 Å². The van der Waals surface area contributed by atoms with E-state index in [2.05, 4.69) is 10.4 Å². The van der Waals surface area contributed by atoms with Crippen molar-refractivity contribution >= 4 is 33.7 Å². The minimum absolute atomic E-state index is 0.103. The number of amides is 3. The Morgan fingerprint density at radius 3 is 2.22 bits per heavy atom. The quantitative estimate of drug-likeness (QED) is 0.0665. The number of aryl methyl sites for hydroxylation is 1. The zero-order valence-corrected chi connectivity index (χ0v) is 29.9. The lowest BCUT2D eigenvalue weighted by Crippen LogP contribution is -2.52. The Hall–Kier alpha value is -6.31. The third kappa shape index (κ3) is 8.43. The molecule has 1 aromatic heterocycles. The summed E-state index contributed by atoms with van der Waals surface area (Å²) in [6.07, 6.45) is -6.88. The van der Waals surface area contributed by atoms with E-state index in [1.807, 2.05) is 11.6 Å². The van der Waals surface area contributed by atoms with Crippen molar-refractivity contribution in [2.75, 3.05) is 19.7 Å². The highest BCUT2D eigenvalue weighted by atomic mass is 32.2. The fraction of sp³-hybridized carbons (Fsp3) is 0.286. The molecule has 1 atom stereocenters. The van der Waals surface area contributed by atoms with Gasteiger partial charge in [-0.1, -0.05) is 42.0 Å². The maximum absolute atomic E-state index is 13.5. The maximum Gasteiger partial charge on any atom is 0.435 e. The Balaban J connectivity index is 0.942. The number of sulfonamides is 1. The number of hydrogen-bond acceptors (Lipinski definition) is 11. The molecule has 0 bridgehead atoms. The average Bonchev–Trinajstić information content (AvgIpc) is 3.69. The van der Waals surface area contributed by atoms with Gasteiger partial charge in [0.2, 0.25) is 17.4 Å². The lowest BCUT2D eigenvalue weighted by atomic mass is 10.0. The van der Waals surface area contributed by atoms with Gasteiger partial charge in [0.1, 0.15) is 0 Å². The zero-order chi connectivity index (χ0) is 39.7. The third-order valence-corrected chi connectivity index (χ3v) is 10.1. The van der Waals surface area contributed by atoms with Crippen LogP contribution in [0.3, 0.4) is 0 Å². The topological polar surface area (TPSA) is 196 Å². The number of aromatic nitrogens is 2. The summed E-state index contributed by atoms with van der Waals surface area (Å²) in [5, 5.41) is 20.6. The summed E-state index contributed by atoms with van der Waals surface area (Å²) in [5.41, 5.74) is 0.897. The van der Waals surface area contributed by atoms with E-state index in [-0.39, 0.29) is 58.0 Å². The summed E-state index contributed by atoms with van der Waals surface area (Å²) >= 11 is 0. The van der Waals surface area contributed by atoms with E-state index < -0.39 is 64.7 Å². The van der Waals surface area contributed by atoms with Crippen molar-refractivity contribution in [1.82, 2.24) is 24.4 Å². The minimum Gasteiger partial charge on any atom is -0.569 e. The van der Waals surface area contributed by atoms with Gasteiger partial charge in [-0.25, -0.2) is 22.7 Å². The largest absolute Gasteiger partial charge is 0.569 e. The second kappa shape index (κ2) is 15.2. The number of ether oxygens (including phenoxy) is 1. The zero-order valence-electron chi connectivity index (χ0n) is 29.1. The molecule has 1 saturated heterocycles. The highest BCUT2D eigenvalue weighted by Gasteiger charge is 2.40. The van der Waals surface area contributed by atoms with Crippen molar-refractivity contribution in [2.24, 2.45) is 11.2 Å². The van der Waals surface area contributed by atoms with E-state index in [4.69, 9.17) is 9.57 Å². The Bertz CT molecular complexity index is 2240. The van der Waals surface area contributed by atoms with Crippen LogP contribution >= 0.6 is 0 Å². The first-order valence-electron chi connectivity index (χ1n) is 16.6. The number of nitrogens with zero attached hydrogens (tertiary/aromatic N) is 6. The second-order valence-corrected chi connectivity index (χ2v) is 14.4. The van der Waals surface area contributed by atoms with Crippen LogP contribution in [0, 0.1) is 18.0 Å². The van der Waals surface area contributed by atoms with Crippen molar-refractivity contribution in [2.45, 2.75) is 44.0 Å².